The van der Waals surface area contributed by atoms with Crippen LogP contribution in [0.1, 0.15) is 12.5 Å². The normalized spacial score (nSPS) is 11.5. The highest BCUT2D eigenvalue weighted by molar-refractivity contribution is 8.00. The number of halogens is 2. The van der Waals surface area contributed by atoms with E-state index in [1.807, 2.05) is 6.07 Å². The first-order valence-electron chi connectivity index (χ1n) is 6.43. The van der Waals surface area contributed by atoms with E-state index in [0.717, 1.165) is 11.8 Å². The van der Waals surface area contributed by atoms with Crippen LogP contribution in [0.4, 0.5) is 10.1 Å². The molecule has 0 aliphatic heterocycles. The molecule has 1 unspecified atom stereocenters. The summed E-state index contributed by atoms with van der Waals surface area (Å²) >= 11 is 7.05. The van der Waals surface area contributed by atoms with Crippen LogP contribution >= 0.6 is 23.4 Å². The molecule has 0 aliphatic carbocycles. The number of nitriles is 1. The van der Waals surface area contributed by atoms with Crippen molar-refractivity contribution in [3.8, 4) is 6.07 Å². The number of hydrogen-bond acceptors (Lipinski definition) is 3. The Balaban J connectivity index is 2.04. The van der Waals surface area contributed by atoms with Crippen LogP contribution in [0.25, 0.3) is 0 Å². The van der Waals surface area contributed by atoms with Gasteiger partial charge in [0, 0.05) is 10.6 Å². The molecule has 6 heteroatoms. The number of carbonyl (C=O) groups excluding carboxylic acids is 1. The van der Waals surface area contributed by atoms with E-state index in [4.69, 9.17) is 16.9 Å². The average Bonchev–Trinajstić information content (AvgIpc) is 2.49. The van der Waals surface area contributed by atoms with E-state index in [9.17, 15) is 9.18 Å². The average molecular weight is 335 g/mol. The summed E-state index contributed by atoms with van der Waals surface area (Å²) < 4.78 is 13.6. The molecule has 112 valence electrons. The highest BCUT2D eigenvalue weighted by Gasteiger charge is 2.16. The Labute approximate surface area is 137 Å². The van der Waals surface area contributed by atoms with Crippen molar-refractivity contribution in [1.29, 1.82) is 5.26 Å². The second kappa shape index (κ2) is 7.30. The highest BCUT2D eigenvalue weighted by Crippen LogP contribution is 2.27. The summed E-state index contributed by atoms with van der Waals surface area (Å²) in [4.78, 5) is 12.6. The summed E-state index contributed by atoms with van der Waals surface area (Å²) in [5, 5.41) is 11.3. The maximum absolute atomic E-state index is 13.6. The molecule has 0 spiro atoms. The predicted molar refractivity (Wildman–Crippen MR) is 86.5 cm³/mol. The maximum atomic E-state index is 13.6. The quantitative estimate of drug-likeness (QED) is 0.839. The van der Waals surface area contributed by atoms with E-state index in [1.54, 1.807) is 31.2 Å². The SMILES string of the molecule is CC(Sc1ccccc1F)C(=O)Nc1ccc(C#N)c(Cl)c1. The molecule has 1 atom stereocenters. The third-order valence-corrected chi connectivity index (χ3v) is 4.33. The predicted octanol–water partition coefficient (Wildman–Crippen LogP) is 4.47. The number of amides is 1. The molecule has 3 nitrogen and oxygen atoms in total. The fourth-order valence-corrected chi connectivity index (χ4v) is 2.82. The molecule has 0 bridgehead atoms. The van der Waals surface area contributed by atoms with Gasteiger partial charge in [-0.3, -0.25) is 4.79 Å². The lowest BCUT2D eigenvalue weighted by molar-refractivity contribution is -0.115. The Hall–Kier alpha value is -2.03. The minimum absolute atomic E-state index is 0.269. The zero-order valence-electron chi connectivity index (χ0n) is 11.6. The molecule has 2 aromatic rings. The van der Waals surface area contributed by atoms with Crippen LogP contribution in [0.5, 0.6) is 0 Å². The largest absolute Gasteiger partial charge is 0.325 e. The van der Waals surface area contributed by atoms with Gasteiger partial charge in [-0.15, -0.1) is 11.8 Å². The number of rotatable bonds is 4. The molecule has 0 aromatic heterocycles. The zero-order chi connectivity index (χ0) is 16.1. The summed E-state index contributed by atoms with van der Waals surface area (Å²) in [5.41, 5.74) is 0.837. The second-order valence-corrected chi connectivity index (χ2v) is 6.28. The Bertz CT molecular complexity index is 745. The van der Waals surface area contributed by atoms with Gasteiger partial charge in [0.15, 0.2) is 0 Å². The van der Waals surface area contributed by atoms with E-state index in [-0.39, 0.29) is 16.7 Å². The van der Waals surface area contributed by atoms with Crippen molar-refractivity contribution in [3.63, 3.8) is 0 Å². The van der Waals surface area contributed by atoms with Crippen LogP contribution in [-0.2, 0) is 4.79 Å². The van der Waals surface area contributed by atoms with Crippen LogP contribution in [-0.4, -0.2) is 11.2 Å². The molecule has 0 aliphatic rings. The molecular formula is C16H12ClFN2OS. The second-order valence-electron chi connectivity index (χ2n) is 4.49. The van der Waals surface area contributed by atoms with Gasteiger partial charge in [0.05, 0.1) is 15.8 Å². The Morgan fingerprint density at radius 2 is 2.09 bits per heavy atom. The van der Waals surface area contributed by atoms with E-state index < -0.39 is 5.25 Å². The first-order chi connectivity index (χ1) is 10.5. The summed E-state index contributed by atoms with van der Waals surface area (Å²) in [5.74, 6) is -0.623. The van der Waals surface area contributed by atoms with E-state index in [0.29, 0.717) is 16.1 Å². The molecule has 0 saturated heterocycles. The summed E-state index contributed by atoms with van der Waals surface area (Å²) in [6, 6.07) is 12.9. The van der Waals surface area contributed by atoms with Crippen LogP contribution < -0.4 is 5.32 Å². The number of hydrogen-bond donors (Lipinski definition) is 1. The molecule has 0 fully saturated rings. The first-order valence-corrected chi connectivity index (χ1v) is 7.68. The van der Waals surface area contributed by atoms with E-state index >= 15 is 0 Å². The van der Waals surface area contributed by atoms with Crippen molar-refractivity contribution in [3.05, 3.63) is 58.9 Å². The van der Waals surface area contributed by atoms with Crippen LogP contribution in [0.3, 0.4) is 0 Å². The van der Waals surface area contributed by atoms with Gasteiger partial charge >= 0.3 is 0 Å². The third kappa shape index (κ3) is 4.00. The van der Waals surface area contributed by atoms with Crippen molar-refractivity contribution in [2.45, 2.75) is 17.1 Å². The van der Waals surface area contributed by atoms with Crippen molar-refractivity contribution >= 4 is 35.0 Å². The standard InChI is InChI=1S/C16H12ClFN2OS/c1-10(22-15-5-3-2-4-14(15)18)16(21)20-12-7-6-11(9-19)13(17)8-12/h2-8,10H,1H3,(H,20,21). The topological polar surface area (TPSA) is 52.9 Å². The zero-order valence-corrected chi connectivity index (χ0v) is 13.2. The minimum Gasteiger partial charge on any atom is -0.325 e. The van der Waals surface area contributed by atoms with Gasteiger partial charge in [-0.05, 0) is 37.3 Å². The summed E-state index contributed by atoms with van der Waals surface area (Å²) in [7, 11) is 0. The van der Waals surface area contributed by atoms with Gasteiger partial charge < -0.3 is 5.32 Å². The molecule has 1 amide bonds. The molecule has 2 aromatic carbocycles. The number of nitrogens with zero attached hydrogens (tertiary/aromatic N) is 1. The summed E-state index contributed by atoms with van der Waals surface area (Å²) in [6.45, 7) is 1.69. The molecule has 22 heavy (non-hydrogen) atoms. The van der Waals surface area contributed by atoms with Crippen LogP contribution in [0, 0.1) is 17.1 Å². The van der Waals surface area contributed by atoms with Gasteiger partial charge in [0.25, 0.3) is 0 Å². The minimum atomic E-state index is -0.480. The lowest BCUT2D eigenvalue weighted by atomic mass is 10.2. The fourth-order valence-electron chi connectivity index (χ4n) is 1.71. The van der Waals surface area contributed by atoms with Crippen molar-refractivity contribution in [2.24, 2.45) is 0 Å². The Morgan fingerprint density at radius 3 is 2.73 bits per heavy atom. The number of carbonyl (C=O) groups is 1. The van der Waals surface area contributed by atoms with Gasteiger partial charge in [-0.25, -0.2) is 4.39 Å². The van der Waals surface area contributed by atoms with Gasteiger partial charge in [0.1, 0.15) is 11.9 Å². The van der Waals surface area contributed by atoms with E-state index in [1.165, 1.54) is 18.2 Å². The van der Waals surface area contributed by atoms with Crippen molar-refractivity contribution < 1.29 is 9.18 Å². The first kappa shape index (κ1) is 16.3. The Morgan fingerprint density at radius 1 is 1.36 bits per heavy atom. The highest BCUT2D eigenvalue weighted by atomic mass is 35.5. The number of thioether (sulfide) groups is 1. The molecule has 0 heterocycles. The van der Waals surface area contributed by atoms with Crippen molar-refractivity contribution in [2.75, 3.05) is 5.32 Å². The molecule has 1 N–H and O–H groups in total. The third-order valence-electron chi connectivity index (χ3n) is 2.87. The van der Waals surface area contributed by atoms with E-state index in [2.05, 4.69) is 5.32 Å². The molecule has 2 rings (SSSR count). The summed E-state index contributed by atoms with van der Waals surface area (Å²) in [6.07, 6.45) is 0. The molecule has 0 radical (unpaired) electrons. The molecular weight excluding hydrogens is 323 g/mol. The number of anilines is 1. The Kier molecular flexibility index (Phi) is 5.42. The van der Waals surface area contributed by atoms with Crippen molar-refractivity contribution in [1.82, 2.24) is 0 Å². The lowest BCUT2D eigenvalue weighted by Gasteiger charge is -2.12. The number of nitrogens with one attached hydrogen (secondary N) is 1. The lowest BCUT2D eigenvalue weighted by Crippen LogP contribution is -2.22. The van der Waals surface area contributed by atoms with Gasteiger partial charge in [-0.1, -0.05) is 23.7 Å². The van der Waals surface area contributed by atoms with Gasteiger partial charge in [0.2, 0.25) is 5.91 Å². The van der Waals surface area contributed by atoms with Gasteiger partial charge in [-0.2, -0.15) is 5.26 Å². The van der Waals surface area contributed by atoms with Crippen LogP contribution in [0.15, 0.2) is 47.4 Å². The monoisotopic (exact) mass is 334 g/mol. The smallest absolute Gasteiger partial charge is 0.237 e. The van der Waals surface area contributed by atoms with Crippen LogP contribution in [0.2, 0.25) is 5.02 Å². The molecule has 0 saturated carbocycles. The maximum Gasteiger partial charge on any atom is 0.237 e. The fraction of sp³-hybridized carbons (Fsp3) is 0.125. The number of benzene rings is 2.